The molecule has 0 aliphatic carbocycles. The zero-order valence-electron chi connectivity index (χ0n) is 14.9. The van der Waals surface area contributed by atoms with E-state index in [2.05, 4.69) is 5.32 Å². The Kier molecular flexibility index (Phi) is 4.61. The lowest BCUT2D eigenvalue weighted by atomic mass is 9.77. The number of carbonyl (C=O) groups excluding carboxylic acids is 1. The second-order valence-corrected chi connectivity index (χ2v) is 8.46. The molecular weight excluding hydrogens is 312 g/mol. The van der Waals surface area contributed by atoms with Crippen LogP contribution in [0.1, 0.15) is 48.5 Å². The van der Waals surface area contributed by atoms with Crippen molar-refractivity contribution >= 4 is 35.8 Å². The number of carbonyl (C=O) groups is 1. The molecule has 0 aromatic heterocycles. The van der Waals surface area contributed by atoms with E-state index in [0.717, 1.165) is 5.46 Å². The fourth-order valence-electron chi connectivity index (χ4n) is 2.12. The van der Waals surface area contributed by atoms with Crippen molar-refractivity contribution in [2.24, 2.45) is 5.41 Å². The van der Waals surface area contributed by atoms with Gasteiger partial charge in [0.15, 0.2) is 0 Å². The molecular formula is C17H25BClNO3. The Labute approximate surface area is 144 Å². The highest BCUT2D eigenvalue weighted by molar-refractivity contribution is 6.64. The Morgan fingerprint density at radius 3 is 2.13 bits per heavy atom. The molecule has 0 saturated carbocycles. The van der Waals surface area contributed by atoms with Crippen LogP contribution in [0.4, 0.5) is 5.69 Å². The summed E-state index contributed by atoms with van der Waals surface area (Å²) >= 11 is 6.14. The second-order valence-electron chi connectivity index (χ2n) is 8.02. The van der Waals surface area contributed by atoms with E-state index in [-0.39, 0.29) is 5.91 Å². The van der Waals surface area contributed by atoms with Gasteiger partial charge in [-0.05, 0) is 45.9 Å². The molecule has 6 heteroatoms. The fourth-order valence-corrected chi connectivity index (χ4v) is 2.30. The maximum Gasteiger partial charge on any atom is 0.497 e. The third-order valence-electron chi connectivity index (χ3n) is 4.45. The van der Waals surface area contributed by atoms with Gasteiger partial charge < -0.3 is 14.6 Å². The first-order valence-electron chi connectivity index (χ1n) is 7.80. The maximum absolute atomic E-state index is 12.3. The van der Waals surface area contributed by atoms with Crippen molar-refractivity contribution in [1.29, 1.82) is 0 Å². The number of benzene rings is 1. The summed E-state index contributed by atoms with van der Waals surface area (Å²) in [6.07, 6.45) is 0. The Hall–Kier alpha value is -1.04. The van der Waals surface area contributed by atoms with Crippen molar-refractivity contribution < 1.29 is 14.1 Å². The molecule has 1 aromatic carbocycles. The third kappa shape index (κ3) is 3.73. The van der Waals surface area contributed by atoms with Crippen molar-refractivity contribution in [3.63, 3.8) is 0 Å². The molecule has 4 nitrogen and oxygen atoms in total. The van der Waals surface area contributed by atoms with Crippen LogP contribution >= 0.6 is 11.6 Å². The fraction of sp³-hybridized carbons (Fsp3) is 0.588. The average molecular weight is 338 g/mol. The highest BCUT2D eigenvalue weighted by Gasteiger charge is 2.52. The summed E-state index contributed by atoms with van der Waals surface area (Å²) in [5, 5.41) is 3.52. The monoisotopic (exact) mass is 337 g/mol. The van der Waals surface area contributed by atoms with E-state index in [9.17, 15) is 4.79 Å². The van der Waals surface area contributed by atoms with Gasteiger partial charge in [0, 0.05) is 21.6 Å². The van der Waals surface area contributed by atoms with Crippen LogP contribution in [0.15, 0.2) is 18.2 Å². The molecule has 0 atom stereocenters. The Morgan fingerprint density at radius 1 is 1.13 bits per heavy atom. The van der Waals surface area contributed by atoms with E-state index in [1.807, 2.05) is 48.5 Å². The SMILES string of the molecule is CC(C)(C)C(=O)Nc1ccc(Cl)cc1B1OC(C)(C)C(C)(C)O1. The van der Waals surface area contributed by atoms with E-state index in [0.29, 0.717) is 10.7 Å². The maximum atomic E-state index is 12.3. The molecule has 0 unspecified atom stereocenters. The highest BCUT2D eigenvalue weighted by atomic mass is 35.5. The lowest BCUT2D eigenvalue weighted by Crippen LogP contribution is -2.41. The van der Waals surface area contributed by atoms with E-state index < -0.39 is 23.7 Å². The van der Waals surface area contributed by atoms with Crippen molar-refractivity contribution in [3.05, 3.63) is 23.2 Å². The Bertz CT molecular complexity index is 607. The zero-order valence-corrected chi connectivity index (χ0v) is 15.7. The molecule has 0 bridgehead atoms. The molecule has 1 heterocycles. The molecule has 1 fully saturated rings. The quantitative estimate of drug-likeness (QED) is 0.838. The highest BCUT2D eigenvalue weighted by Crippen LogP contribution is 2.37. The average Bonchev–Trinajstić information content (AvgIpc) is 2.59. The number of halogens is 1. The number of anilines is 1. The van der Waals surface area contributed by atoms with Crippen LogP contribution in [0.5, 0.6) is 0 Å². The normalized spacial score (nSPS) is 19.7. The van der Waals surface area contributed by atoms with Crippen molar-refractivity contribution in [3.8, 4) is 0 Å². The Morgan fingerprint density at radius 2 is 1.65 bits per heavy atom. The molecule has 1 amide bonds. The molecule has 0 radical (unpaired) electrons. The number of hydrogen-bond acceptors (Lipinski definition) is 3. The predicted octanol–water partition coefficient (Wildman–Crippen LogP) is 3.62. The van der Waals surface area contributed by atoms with Gasteiger partial charge in [-0.1, -0.05) is 32.4 Å². The molecule has 23 heavy (non-hydrogen) atoms. The number of hydrogen-bond donors (Lipinski definition) is 1. The minimum atomic E-state index is -0.575. The van der Waals surface area contributed by atoms with E-state index >= 15 is 0 Å². The van der Waals surface area contributed by atoms with Crippen molar-refractivity contribution in [2.45, 2.75) is 59.7 Å². The van der Waals surface area contributed by atoms with Gasteiger partial charge in [0.1, 0.15) is 0 Å². The molecule has 126 valence electrons. The zero-order chi connectivity index (χ0) is 17.6. The van der Waals surface area contributed by atoms with Gasteiger partial charge in [0.2, 0.25) is 5.91 Å². The first-order valence-corrected chi connectivity index (χ1v) is 8.18. The molecule has 2 rings (SSSR count). The van der Waals surface area contributed by atoms with Crippen LogP contribution in [0.25, 0.3) is 0 Å². The molecule has 0 spiro atoms. The van der Waals surface area contributed by atoms with E-state index in [1.54, 1.807) is 18.2 Å². The van der Waals surface area contributed by atoms with Gasteiger partial charge in [-0.3, -0.25) is 4.79 Å². The molecule has 1 aliphatic rings. The first kappa shape index (κ1) is 18.3. The molecule has 1 saturated heterocycles. The van der Waals surface area contributed by atoms with Gasteiger partial charge in [-0.15, -0.1) is 0 Å². The van der Waals surface area contributed by atoms with E-state index in [4.69, 9.17) is 20.9 Å². The smallest absolute Gasteiger partial charge is 0.399 e. The van der Waals surface area contributed by atoms with Crippen LogP contribution in [-0.4, -0.2) is 24.2 Å². The standard InChI is InChI=1S/C17H25BClNO3/c1-15(2,3)14(21)20-13-9-8-11(19)10-12(13)18-22-16(4,5)17(6,7)23-18/h8-10H,1-7H3,(H,20,21). The van der Waals surface area contributed by atoms with Crippen molar-refractivity contribution in [2.75, 3.05) is 5.32 Å². The van der Waals surface area contributed by atoms with Crippen LogP contribution in [0.2, 0.25) is 5.02 Å². The van der Waals surface area contributed by atoms with Gasteiger partial charge in [-0.2, -0.15) is 0 Å². The Balaban J connectivity index is 2.36. The largest absolute Gasteiger partial charge is 0.497 e. The lowest BCUT2D eigenvalue weighted by Gasteiger charge is -2.32. The summed E-state index contributed by atoms with van der Waals surface area (Å²) in [7, 11) is -0.575. The van der Waals surface area contributed by atoms with Gasteiger partial charge in [-0.25, -0.2) is 0 Å². The third-order valence-corrected chi connectivity index (χ3v) is 4.69. The second kappa shape index (κ2) is 5.80. The van der Waals surface area contributed by atoms with E-state index in [1.165, 1.54) is 0 Å². The molecule has 1 aromatic rings. The summed E-state index contributed by atoms with van der Waals surface area (Å²) in [5.41, 5.74) is -0.00904. The summed E-state index contributed by atoms with van der Waals surface area (Å²) in [6, 6.07) is 5.31. The summed E-state index contributed by atoms with van der Waals surface area (Å²) in [4.78, 5) is 12.3. The van der Waals surface area contributed by atoms with Gasteiger partial charge in [0.25, 0.3) is 0 Å². The predicted molar refractivity (Wildman–Crippen MR) is 95.3 cm³/mol. The number of rotatable bonds is 2. The van der Waals surface area contributed by atoms with Crippen LogP contribution < -0.4 is 10.8 Å². The number of nitrogens with one attached hydrogen (secondary N) is 1. The number of amides is 1. The van der Waals surface area contributed by atoms with Crippen LogP contribution in [0.3, 0.4) is 0 Å². The summed E-state index contributed by atoms with van der Waals surface area (Å²) in [5.74, 6) is -0.0717. The van der Waals surface area contributed by atoms with Crippen LogP contribution in [0, 0.1) is 5.41 Å². The summed E-state index contributed by atoms with van der Waals surface area (Å²) < 4.78 is 12.2. The molecule has 1 N–H and O–H groups in total. The van der Waals surface area contributed by atoms with Crippen LogP contribution in [-0.2, 0) is 14.1 Å². The van der Waals surface area contributed by atoms with Gasteiger partial charge in [0.05, 0.1) is 11.2 Å². The topological polar surface area (TPSA) is 47.6 Å². The first-order chi connectivity index (χ1) is 10.3. The minimum Gasteiger partial charge on any atom is -0.399 e. The lowest BCUT2D eigenvalue weighted by molar-refractivity contribution is -0.123. The van der Waals surface area contributed by atoms with Gasteiger partial charge >= 0.3 is 7.12 Å². The molecule has 1 aliphatic heterocycles. The van der Waals surface area contributed by atoms with Crippen molar-refractivity contribution in [1.82, 2.24) is 0 Å². The minimum absolute atomic E-state index is 0.0717. The summed E-state index contributed by atoms with van der Waals surface area (Å²) in [6.45, 7) is 13.6.